The van der Waals surface area contributed by atoms with Crippen molar-refractivity contribution in [3.8, 4) is 11.5 Å². The monoisotopic (exact) mass is 370 g/mol. The van der Waals surface area contributed by atoms with Crippen LogP contribution in [-0.4, -0.2) is 27.5 Å². The first kappa shape index (κ1) is 17.0. The Kier molecular flexibility index (Phi) is 4.45. The van der Waals surface area contributed by atoms with Gasteiger partial charge in [0.15, 0.2) is 6.61 Å². The Morgan fingerprint density at radius 2 is 1.88 bits per heavy atom. The molecule has 0 bridgehead atoms. The average Bonchev–Trinajstić information content (AvgIpc) is 2.55. The maximum atomic E-state index is 12.4. The number of ether oxygens (including phenoxy) is 2. The van der Waals surface area contributed by atoms with Gasteiger partial charge in [-0.2, -0.15) is 8.78 Å². The van der Waals surface area contributed by atoms with Crippen molar-refractivity contribution in [3.63, 3.8) is 0 Å². The number of carbonyl (C=O) groups is 1. The molecule has 0 radical (unpaired) electrons. The van der Waals surface area contributed by atoms with Crippen molar-refractivity contribution in [2.75, 3.05) is 16.6 Å². The third-order valence-corrected chi connectivity index (χ3v) is 4.60. The van der Waals surface area contributed by atoms with E-state index >= 15 is 0 Å². The molecule has 0 fully saturated rings. The molecule has 3 rings (SSSR count). The summed E-state index contributed by atoms with van der Waals surface area (Å²) in [5, 5.41) is 2.52. The number of fused-ring (bicyclic) bond motifs is 1. The normalized spacial score (nSPS) is 13.6. The van der Waals surface area contributed by atoms with E-state index < -0.39 is 16.6 Å². The summed E-state index contributed by atoms with van der Waals surface area (Å²) in [7, 11) is -3.95. The first-order valence-electron chi connectivity index (χ1n) is 6.98. The molecule has 0 aromatic heterocycles. The van der Waals surface area contributed by atoms with Gasteiger partial charge in [0.25, 0.3) is 15.9 Å². The van der Waals surface area contributed by atoms with Crippen molar-refractivity contribution in [2.24, 2.45) is 0 Å². The van der Waals surface area contributed by atoms with Crippen LogP contribution in [-0.2, 0) is 14.8 Å². The van der Waals surface area contributed by atoms with Crippen LogP contribution in [0.15, 0.2) is 47.4 Å². The lowest BCUT2D eigenvalue weighted by Gasteiger charge is -2.18. The van der Waals surface area contributed by atoms with Gasteiger partial charge < -0.3 is 14.8 Å². The zero-order valence-electron chi connectivity index (χ0n) is 12.5. The molecule has 132 valence electrons. The molecule has 2 aromatic carbocycles. The maximum absolute atomic E-state index is 12.4. The van der Waals surface area contributed by atoms with E-state index in [4.69, 9.17) is 4.74 Å². The quantitative estimate of drug-likeness (QED) is 0.843. The van der Waals surface area contributed by atoms with Crippen molar-refractivity contribution in [1.82, 2.24) is 0 Å². The summed E-state index contributed by atoms with van der Waals surface area (Å²) in [4.78, 5) is 11.2. The van der Waals surface area contributed by atoms with Gasteiger partial charge in [-0.05, 0) is 42.5 Å². The molecule has 0 saturated carbocycles. The van der Waals surface area contributed by atoms with Crippen molar-refractivity contribution >= 4 is 27.3 Å². The number of hydrogen-bond donors (Lipinski definition) is 2. The van der Waals surface area contributed by atoms with E-state index in [-0.39, 0.29) is 34.5 Å². The Bertz CT molecular complexity index is 901. The maximum Gasteiger partial charge on any atom is 0.387 e. The number of carbonyl (C=O) groups excluding carboxylic acids is 1. The molecule has 0 atom stereocenters. The molecule has 25 heavy (non-hydrogen) atoms. The number of amides is 1. The number of benzene rings is 2. The van der Waals surface area contributed by atoms with Crippen LogP contribution >= 0.6 is 0 Å². The molecular formula is C15H12F2N2O5S. The van der Waals surface area contributed by atoms with Gasteiger partial charge in [0.05, 0.1) is 10.6 Å². The number of anilines is 2. The highest BCUT2D eigenvalue weighted by atomic mass is 32.2. The molecule has 0 saturated heterocycles. The lowest BCUT2D eigenvalue weighted by Crippen LogP contribution is -2.25. The highest BCUT2D eigenvalue weighted by molar-refractivity contribution is 7.92. The van der Waals surface area contributed by atoms with E-state index in [0.717, 1.165) is 0 Å². The molecule has 2 N–H and O–H groups in total. The Labute approximate surface area is 141 Å². The first-order chi connectivity index (χ1) is 11.8. The summed E-state index contributed by atoms with van der Waals surface area (Å²) in [5.74, 6) is -0.108. The minimum absolute atomic E-state index is 0.0911. The van der Waals surface area contributed by atoms with Crippen molar-refractivity contribution in [1.29, 1.82) is 0 Å². The van der Waals surface area contributed by atoms with Gasteiger partial charge >= 0.3 is 6.61 Å². The van der Waals surface area contributed by atoms with Crippen LogP contribution in [0.1, 0.15) is 0 Å². The molecule has 1 aliphatic heterocycles. The van der Waals surface area contributed by atoms with Crippen LogP contribution in [0.3, 0.4) is 0 Å². The van der Waals surface area contributed by atoms with Crippen LogP contribution in [0, 0.1) is 0 Å². The summed E-state index contributed by atoms with van der Waals surface area (Å²) in [5.41, 5.74) is 0.416. The lowest BCUT2D eigenvalue weighted by molar-refractivity contribution is -0.118. The Morgan fingerprint density at radius 1 is 1.16 bits per heavy atom. The summed E-state index contributed by atoms with van der Waals surface area (Å²) in [6, 6.07) is 9.03. The molecule has 2 aromatic rings. The summed E-state index contributed by atoms with van der Waals surface area (Å²) < 4.78 is 60.7. The number of nitrogens with one attached hydrogen (secondary N) is 2. The average molecular weight is 370 g/mol. The number of halogens is 2. The minimum atomic E-state index is -3.95. The molecule has 7 nitrogen and oxygen atoms in total. The third-order valence-electron chi connectivity index (χ3n) is 3.23. The molecule has 1 heterocycles. The highest BCUT2D eigenvalue weighted by Gasteiger charge is 2.21. The summed E-state index contributed by atoms with van der Waals surface area (Å²) in [6.07, 6.45) is 0. The summed E-state index contributed by atoms with van der Waals surface area (Å²) >= 11 is 0. The van der Waals surface area contributed by atoms with E-state index in [2.05, 4.69) is 14.8 Å². The Balaban J connectivity index is 1.80. The van der Waals surface area contributed by atoms with E-state index in [1.54, 1.807) is 0 Å². The van der Waals surface area contributed by atoms with Crippen LogP contribution < -0.4 is 19.5 Å². The van der Waals surface area contributed by atoms with Crippen LogP contribution in [0.5, 0.6) is 11.5 Å². The van der Waals surface area contributed by atoms with Crippen molar-refractivity contribution in [3.05, 3.63) is 42.5 Å². The van der Waals surface area contributed by atoms with E-state index in [0.29, 0.717) is 5.75 Å². The second-order valence-corrected chi connectivity index (χ2v) is 6.69. The fourth-order valence-electron chi connectivity index (χ4n) is 2.15. The number of sulfonamides is 1. The molecule has 1 aliphatic rings. The predicted octanol–water partition coefficient (Wildman–Crippen LogP) is 2.42. The van der Waals surface area contributed by atoms with Gasteiger partial charge in [-0.15, -0.1) is 0 Å². The smallest absolute Gasteiger partial charge is 0.387 e. The molecule has 1 amide bonds. The lowest BCUT2D eigenvalue weighted by atomic mass is 10.2. The SMILES string of the molecule is O=C1COc2ccc(S(=O)(=O)Nc3ccc(OC(F)F)cc3)cc2N1. The van der Waals surface area contributed by atoms with Crippen molar-refractivity contribution in [2.45, 2.75) is 11.5 Å². The Hall–Kier alpha value is -2.88. The van der Waals surface area contributed by atoms with Crippen LogP contribution in [0.4, 0.5) is 20.2 Å². The molecule has 10 heteroatoms. The van der Waals surface area contributed by atoms with Gasteiger partial charge in [-0.1, -0.05) is 0 Å². The fourth-order valence-corrected chi connectivity index (χ4v) is 3.23. The fraction of sp³-hybridized carbons (Fsp3) is 0.133. The zero-order valence-corrected chi connectivity index (χ0v) is 13.3. The Morgan fingerprint density at radius 3 is 2.56 bits per heavy atom. The van der Waals surface area contributed by atoms with Crippen molar-refractivity contribution < 1.29 is 31.5 Å². The molecule has 0 unspecified atom stereocenters. The van der Waals surface area contributed by atoms with Gasteiger partial charge in [-0.25, -0.2) is 8.42 Å². The second kappa shape index (κ2) is 6.55. The minimum Gasteiger partial charge on any atom is -0.482 e. The van der Waals surface area contributed by atoms with E-state index in [1.165, 1.54) is 42.5 Å². The van der Waals surface area contributed by atoms with Gasteiger partial charge in [-0.3, -0.25) is 9.52 Å². The molecular weight excluding hydrogens is 358 g/mol. The predicted molar refractivity (Wildman–Crippen MR) is 84.4 cm³/mol. The highest BCUT2D eigenvalue weighted by Crippen LogP contribution is 2.31. The molecule has 0 spiro atoms. The number of alkyl halides is 2. The van der Waals surface area contributed by atoms with Gasteiger partial charge in [0.1, 0.15) is 11.5 Å². The topological polar surface area (TPSA) is 93.7 Å². The van der Waals surface area contributed by atoms with E-state index in [1.807, 2.05) is 0 Å². The number of rotatable bonds is 5. The standard InChI is InChI=1S/C15H12F2N2O5S/c16-15(17)24-10-3-1-9(2-4-10)19-25(21,22)11-5-6-13-12(7-11)18-14(20)8-23-13/h1-7,15,19H,8H2,(H,18,20). The van der Waals surface area contributed by atoms with Crippen LogP contribution in [0.2, 0.25) is 0 Å². The summed E-state index contributed by atoms with van der Waals surface area (Å²) in [6.45, 7) is -3.10. The third kappa shape index (κ3) is 3.97. The van der Waals surface area contributed by atoms with Crippen LogP contribution in [0.25, 0.3) is 0 Å². The van der Waals surface area contributed by atoms with Gasteiger partial charge in [0, 0.05) is 5.69 Å². The van der Waals surface area contributed by atoms with E-state index in [9.17, 15) is 22.0 Å². The first-order valence-corrected chi connectivity index (χ1v) is 8.46. The zero-order chi connectivity index (χ0) is 18.0. The number of hydrogen-bond acceptors (Lipinski definition) is 5. The second-order valence-electron chi connectivity index (χ2n) is 5.00. The van der Waals surface area contributed by atoms with Gasteiger partial charge in [0.2, 0.25) is 0 Å². The molecule has 0 aliphatic carbocycles. The largest absolute Gasteiger partial charge is 0.482 e.